The summed E-state index contributed by atoms with van der Waals surface area (Å²) < 4.78 is 38.6. The highest BCUT2D eigenvalue weighted by atomic mass is 32.2. The van der Waals surface area contributed by atoms with Gasteiger partial charge in [-0.05, 0) is 43.2 Å². The van der Waals surface area contributed by atoms with Gasteiger partial charge in [0.2, 0.25) is 10.0 Å². The van der Waals surface area contributed by atoms with Gasteiger partial charge >= 0.3 is 0 Å². The first-order valence-corrected chi connectivity index (χ1v) is 11.4. The Kier molecular flexibility index (Phi) is 5.72. The van der Waals surface area contributed by atoms with Crippen LogP contribution in [-0.4, -0.2) is 42.8 Å². The van der Waals surface area contributed by atoms with E-state index in [1.165, 1.54) is 6.20 Å². The summed E-state index contributed by atoms with van der Waals surface area (Å²) in [5.74, 6) is 1.41. The monoisotopic (exact) mass is 428 g/mol. The molecule has 0 spiro atoms. The van der Waals surface area contributed by atoms with E-state index in [4.69, 9.17) is 9.47 Å². The molecule has 1 saturated carbocycles. The zero-order valence-corrected chi connectivity index (χ0v) is 17.8. The standard InChI is InChI=1S/C21H24N4O4S/c1-28-18-11-8-14(12-19(18)29-2)16-9-10-17-21(23-16)24-20(13-22-17)25-30(26,27)15-6-4-3-5-7-15/h8-13,15H,3-7H2,1-2H3,(H,23,24,25). The van der Waals surface area contributed by atoms with Gasteiger partial charge in [0, 0.05) is 5.56 Å². The molecule has 1 aromatic carbocycles. The highest BCUT2D eigenvalue weighted by Gasteiger charge is 2.27. The van der Waals surface area contributed by atoms with Crippen molar-refractivity contribution in [3.8, 4) is 22.8 Å². The third-order valence-electron chi connectivity index (χ3n) is 5.32. The molecule has 0 bridgehead atoms. The minimum Gasteiger partial charge on any atom is -0.493 e. The second-order valence-corrected chi connectivity index (χ2v) is 9.23. The van der Waals surface area contributed by atoms with Crippen LogP contribution >= 0.6 is 0 Å². The highest BCUT2D eigenvalue weighted by molar-refractivity contribution is 7.93. The summed E-state index contributed by atoms with van der Waals surface area (Å²) >= 11 is 0. The number of aromatic nitrogens is 3. The molecule has 0 radical (unpaired) electrons. The molecule has 1 aliphatic carbocycles. The van der Waals surface area contributed by atoms with Crippen LogP contribution in [0.15, 0.2) is 36.5 Å². The summed E-state index contributed by atoms with van der Waals surface area (Å²) in [5, 5.41) is -0.380. The third-order valence-corrected chi connectivity index (χ3v) is 7.17. The summed E-state index contributed by atoms with van der Waals surface area (Å²) in [6, 6.07) is 9.15. The predicted molar refractivity (Wildman–Crippen MR) is 115 cm³/mol. The number of nitrogens with one attached hydrogen (secondary N) is 1. The number of nitrogens with zero attached hydrogens (tertiary/aromatic N) is 3. The molecule has 0 amide bonds. The van der Waals surface area contributed by atoms with Gasteiger partial charge < -0.3 is 9.47 Å². The Morgan fingerprint density at radius 2 is 1.73 bits per heavy atom. The van der Waals surface area contributed by atoms with Gasteiger partial charge in [-0.25, -0.2) is 23.4 Å². The van der Waals surface area contributed by atoms with Crippen LogP contribution in [-0.2, 0) is 10.0 Å². The molecular weight excluding hydrogens is 404 g/mol. The van der Waals surface area contributed by atoms with Gasteiger partial charge in [-0.15, -0.1) is 0 Å². The quantitative estimate of drug-likeness (QED) is 0.637. The van der Waals surface area contributed by atoms with Crippen molar-refractivity contribution in [2.45, 2.75) is 37.4 Å². The Hall–Kier alpha value is -2.94. The van der Waals surface area contributed by atoms with Gasteiger partial charge in [0.15, 0.2) is 23.0 Å². The molecule has 8 nitrogen and oxygen atoms in total. The topological polar surface area (TPSA) is 103 Å². The van der Waals surface area contributed by atoms with Gasteiger partial charge in [0.05, 0.1) is 31.4 Å². The SMILES string of the molecule is COc1ccc(-c2ccc3ncc(NS(=O)(=O)C4CCCCC4)nc3n2)cc1OC. The molecule has 0 atom stereocenters. The summed E-state index contributed by atoms with van der Waals surface area (Å²) in [7, 11) is -0.339. The van der Waals surface area contributed by atoms with E-state index >= 15 is 0 Å². The van der Waals surface area contributed by atoms with Crippen LogP contribution in [0.3, 0.4) is 0 Å². The lowest BCUT2D eigenvalue weighted by Crippen LogP contribution is -2.30. The van der Waals surface area contributed by atoms with E-state index in [-0.39, 0.29) is 11.1 Å². The van der Waals surface area contributed by atoms with Crippen LogP contribution in [0, 0.1) is 0 Å². The highest BCUT2D eigenvalue weighted by Crippen LogP contribution is 2.32. The van der Waals surface area contributed by atoms with E-state index in [0.717, 1.165) is 24.8 Å². The van der Waals surface area contributed by atoms with E-state index in [1.807, 2.05) is 18.2 Å². The first kappa shape index (κ1) is 20.3. The number of benzene rings is 1. The fourth-order valence-corrected chi connectivity index (χ4v) is 5.22. The number of hydrogen-bond acceptors (Lipinski definition) is 7. The van der Waals surface area contributed by atoms with Crippen molar-refractivity contribution in [2.24, 2.45) is 0 Å². The lowest BCUT2D eigenvalue weighted by Gasteiger charge is -2.22. The van der Waals surface area contributed by atoms with Crippen molar-refractivity contribution < 1.29 is 17.9 Å². The van der Waals surface area contributed by atoms with E-state index in [2.05, 4.69) is 19.7 Å². The normalized spacial score (nSPS) is 15.1. The fourth-order valence-electron chi connectivity index (χ4n) is 3.71. The van der Waals surface area contributed by atoms with Crippen LogP contribution in [0.25, 0.3) is 22.4 Å². The molecule has 1 N–H and O–H groups in total. The van der Waals surface area contributed by atoms with Crippen LogP contribution in [0.4, 0.5) is 5.82 Å². The van der Waals surface area contributed by atoms with Crippen molar-refractivity contribution in [3.05, 3.63) is 36.5 Å². The number of sulfonamides is 1. The molecule has 30 heavy (non-hydrogen) atoms. The third kappa shape index (κ3) is 4.16. The Balaban J connectivity index is 1.64. The zero-order chi connectivity index (χ0) is 21.1. The van der Waals surface area contributed by atoms with Crippen LogP contribution in [0.5, 0.6) is 11.5 Å². The maximum absolute atomic E-state index is 12.7. The summed E-state index contributed by atoms with van der Waals surface area (Å²) in [5.41, 5.74) is 2.44. The van der Waals surface area contributed by atoms with Gasteiger partial charge in [-0.1, -0.05) is 19.3 Å². The smallest absolute Gasteiger partial charge is 0.236 e. The molecule has 158 valence electrons. The molecule has 2 aromatic heterocycles. The Morgan fingerprint density at radius 3 is 2.47 bits per heavy atom. The molecule has 2 heterocycles. The minimum absolute atomic E-state index is 0.185. The van der Waals surface area contributed by atoms with Crippen LogP contribution in [0.1, 0.15) is 32.1 Å². The number of methoxy groups -OCH3 is 2. The van der Waals surface area contributed by atoms with Crippen molar-refractivity contribution in [1.29, 1.82) is 0 Å². The van der Waals surface area contributed by atoms with E-state index < -0.39 is 10.0 Å². The van der Waals surface area contributed by atoms with Crippen molar-refractivity contribution in [2.75, 3.05) is 18.9 Å². The largest absolute Gasteiger partial charge is 0.493 e. The Morgan fingerprint density at radius 1 is 0.967 bits per heavy atom. The van der Waals surface area contributed by atoms with E-state index in [9.17, 15) is 8.42 Å². The van der Waals surface area contributed by atoms with Crippen LogP contribution in [0.2, 0.25) is 0 Å². The molecule has 1 fully saturated rings. The number of ether oxygens (including phenoxy) is 2. The average molecular weight is 429 g/mol. The van der Waals surface area contributed by atoms with Gasteiger partial charge in [-0.2, -0.15) is 0 Å². The number of anilines is 1. The Bertz CT molecular complexity index is 1160. The molecule has 0 saturated heterocycles. The zero-order valence-electron chi connectivity index (χ0n) is 17.0. The Labute approximate surface area is 175 Å². The fraction of sp³-hybridized carbons (Fsp3) is 0.381. The van der Waals surface area contributed by atoms with Gasteiger partial charge in [0.25, 0.3) is 0 Å². The molecule has 0 unspecified atom stereocenters. The lowest BCUT2D eigenvalue weighted by molar-refractivity contribution is 0.355. The lowest BCUT2D eigenvalue weighted by atomic mass is 10.0. The number of pyridine rings is 1. The predicted octanol–water partition coefficient (Wildman–Crippen LogP) is 3.78. The summed E-state index contributed by atoms with van der Waals surface area (Å²) in [6.07, 6.45) is 5.75. The molecule has 3 aromatic rings. The summed E-state index contributed by atoms with van der Waals surface area (Å²) in [4.78, 5) is 13.3. The maximum Gasteiger partial charge on any atom is 0.236 e. The molecule has 0 aliphatic heterocycles. The van der Waals surface area contributed by atoms with E-state index in [0.29, 0.717) is 41.2 Å². The van der Waals surface area contributed by atoms with Gasteiger partial charge in [-0.3, -0.25) is 4.72 Å². The average Bonchev–Trinajstić information content (AvgIpc) is 2.78. The molecular formula is C21H24N4O4S. The number of rotatable bonds is 6. The molecule has 9 heteroatoms. The first-order valence-electron chi connectivity index (χ1n) is 9.88. The van der Waals surface area contributed by atoms with Crippen molar-refractivity contribution in [1.82, 2.24) is 15.0 Å². The number of fused-ring (bicyclic) bond motifs is 1. The minimum atomic E-state index is -3.49. The molecule has 1 aliphatic rings. The first-order chi connectivity index (χ1) is 14.5. The second kappa shape index (κ2) is 8.43. The summed E-state index contributed by atoms with van der Waals surface area (Å²) in [6.45, 7) is 0. The van der Waals surface area contributed by atoms with Crippen molar-refractivity contribution in [3.63, 3.8) is 0 Å². The maximum atomic E-state index is 12.7. The van der Waals surface area contributed by atoms with E-state index in [1.54, 1.807) is 26.4 Å². The van der Waals surface area contributed by atoms with Crippen LogP contribution < -0.4 is 14.2 Å². The number of hydrogen-bond donors (Lipinski definition) is 1. The molecule has 4 rings (SSSR count). The second-order valence-electron chi connectivity index (χ2n) is 7.27. The van der Waals surface area contributed by atoms with Crippen molar-refractivity contribution >= 4 is 27.0 Å². The van der Waals surface area contributed by atoms with Gasteiger partial charge in [0.1, 0.15) is 5.52 Å².